The van der Waals surface area contributed by atoms with Crippen LogP contribution in [0.5, 0.6) is 0 Å². The van der Waals surface area contributed by atoms with Gasteiger partial charge in [-0.25, -0.2) is 4.39 Å². The van der Waals surface area contributed by atoms with Gasteiger partial charge in [-0.05, 0) is 47.0 Å². The summed E-state index contributed by atoms with van der Waals surface area (Å²) < 4.78 is 19.1. The van der Waals surface area contributed by atoms with E-state index in [1.54, 1.807) is 12.1 Å². The van der Waals surface area contributed by atoms with E-state index in [2.05, 4.69) is 21.2 Å². The molecule has 1 saturated heterocycles. The van der Waals surface area contributed by atoms with Crippen molar-refractivity contribution in [2.75, 3.05) is 25.1 Å². The van der Waals surface area contributed by atoms with Crippen LogP contribution in [0.25, 0.3) is 0 Å². The van der Waals surface area contributed by atoms with Crippen LogP contribution in [0.1, 0.15) is 12.8 Å². The van der Waals surface area contributed by atoms with Gasteiger partial charge < -0.3 is 15.8 Å². The molecule has 2 rings (SSSR count). The molecule has 1 unspecified atom stereocenters. The molecule has 1 aromatic rings. The molecule has 1 atom stereocenters. The topological polar surface area (TPSA) is 47.3 Å². The minimum absolute atomic E-state index is 0.227. The van der Waals surface area contributed by atoms with Gasteiger partial charge in [0.25, 0.3) is 0 Å². The summed E-state index contributed by atoms with van der Waals surface area (Å²) in [5.41, 5.74) is 6.45. The number of ether oxygens (including phenoxy) is 1. The number of benzene rings is 1. The summed E-state index contributed by atoms with van der Waals surface area (Å²) in [4.78, 5) is 0. The summed E-state index contributed by atoms with van der Waals surface area (Å²) in [6.07, 6.45) is 1.96. The maximum atomic E-state index is 13.1. The highest BCUT2D eigenvalue weighted by Gasteiger charge is 2.31. The SMILES string of the molecule is NCC1(Nc2ccc(F)c(Br)c2)CCCOC1. The van der Waals surface area contributed by atoms with Crippen LogP contribution in [0.4, 0.5) is 10.1 Å². The van der Waals surface area contributed by atoms with Gasteiger partial charge in [0, 0.05) is 18.8 Å². The van der Waals surface area contributed by atoms with Crippen LogP contribution in [0, 0.1) is 5.82 Å². The Morgan fingerprint density at radius 2 is 2.35 bits per heavy atom. The van der Waals surface area contributed by atoms with Crippen molar-refractivity contribution in [2.24, 2.45) is 5.73 Å². The third-order valence-corrected chi connectivity index (χ3v) is 3.65. The summed E-state index contributed by atoms with van der Waals surface area (Å²) in [5.74, 6) is -0.266. The monoisotopic (exact) mass is 302 g/mol. The normalized spacial score (nSPS) is 24.6. The van der Waals surface area contributed by atoms with E-state index < -0.39 is 0 Å². The maximum absolute atomic E-state index is 13.1. The highest BCUT2D eigenvalue weighted by atomic mass is 79.9. The molecule has 1 aromatic carbocycles. The van der Waals surface area contributed by atoms with Crippen molar-refractivity contribution in [3.8, 4) is 0 Å². The molecule has 0 spiro atoms. The van der Waals surface area contributed by atoms with Crippen LogP contribution >= 0.6 is 15.9 Å². The third kappa shape index (κ3) is 2.97. The van der Waals surface area contributed by atoms with E-state index in [-0.39, 0.29) is 11.4 Å². The molecule has 1 fully saturated rings. The first kappa shape index (κ1) is 12.8. The minimum atomic E-state index is -0.266. The summed E-state index contributed by atoms with van der Waals surface area (Å²) in [6.45, 7) is 1.89. The minimum Gasteiger partial charge on any atom is -0.379 e. The van der Waals surface area contributed by atoms with Gasteiger partial charge in [0.2, 0.25) is 0 Å². The van der Waals surface area contributed by atoms with E-state index in [1.807, 2.05) is 0 Å². The van der Waals surface area contributed by atoms with Gasteiger partial charge in [-0.1, -0.05) is 0 Å². The van der Waals surface area contributed by atoms with E-state index in [1.165, 1.54) is 6.07 Å². The number of halogens is 2. The fraction of sp³-hybridized carbons (Fsp3) is 0.500. The Kier molecular flexibility index (Phi) is 4.01. The number of anilines is 1. The summed E-state index contributed by atoms with van der Waals surface area (Å²) in [5, 5.41) is 3.37. The molecular weight excluding hydrogens is 287 g/mol. The Morgan fingerprint density at radius 3 is 2.94 bits per heavy atom. The zero-order chi connectivity index (χ0) is 12.3. The van der Waals surface area contributed by atoms with Gasteiger partial charge in [-0.15, -0.1) is 0 Å². The Balaban J connectivity index is 2.14. The second kappa shape index (κ2) is 5.33. The largest absolute Gasteiger partial charge is 0.379 e. The quantitative estimate of drug-likeness (QED) is 0.902. The first-order valence-corrected chi connectivity index (χ1v) is 6.46. The fourth-order valence-corrected chi connectivity index (χ4v) is 2.42. The summed E-state index contributed by atoms with van der Waals surface area (Å²) in [7, 11) is 0. The molecule has 0 amide bonds. The summed E-state index contributed by atoms with van der Waals surface area (Å²) in [6, 6.07) is 4.87. The molecule has 1 heterocycles. The number of hydrogen-bond donors (Lipinski definition) is 2. The molecule has 0 aliphatic carbocycles. The Hall–Kier alpha value is -0.650. The van der Waals surface area contributed by atoms with Crippen LogP contribution in [0.15, 0.2) is 22.7 Å². The predicted molar refractivity (Wildman–Crippen MR) is 69.6 cm³/mol. The van der Waals surface area contributed by atoms with Crippen molar-refractivity contribution >= 4 is 21.6 Å². The molecule has 1 aliphatic rings. The van der Waals surface area contributed by atoms with Gasteiger partial charge >= 0.3 is 0 Å². The predicted octanol–water partition coefficient (Wildman–Crippen LogP) is 2.51. The highest BCUT2D eigenvalue weighted by molar-refractivity contribution is 9.10. The standard InChI is InChI=1S/C12H16BrFN2O/c13-10-6-9(2-3-11(10)14)16-12(7-15)4-1-5-17-8-12/h2-3,6,16H,1,4-5,7-8,15H2. The van der Waals surface area contributed by atoms with Crippen LogP contribution in [-0.2, 0) is 4.74 Å². The molecule has 94 valence electrons. The number of nitrogens with two attached hydrogens (primary N) is 1. The van der Waals surface area contributed by atoms with Crippen molar-refractivity contribution in [2.45, 2.75) is 18.4 Å². The van der Waals surface area contributed by atoms with Gasteiger partial charge in [0.05, 0.1) is 16.6 Å². The molecule has 0 radical (unpaired) electrons. The Morgan fingerprint density at radius 1 is 1.53 bits per heavy atom. The Labute approximate surface area is 109 Å². The van der Waals surface area contributed by atoms with Crippen LogP contribution in [0.3, 0.4) is 0 Å². The maximum Gasteiger partial charge on any atom is 0.137 e. The van der Waals surface area contributed by atoms with Gasteiger partial charge in [-0.2, -0.15) is 0 Å². The van der Waals surface area contributed by atoms with E-state index in [0.29, 0.717) is 17.6 Å². The van der Waals surface area contributed by atoms with Gasteiger partial charge in [0.15, 0.2) is 0 Å². The molecule has 3 N–H and O–H groups in total. The van der Waals surface area contributed by atoms with Crippen molar-refractivity contribution in [3.05, 3.63) is 28.5 Å². The lowest BCUT2D eigenvalue weighted by Crippen LogP contribution is -2.51. The zero-order valence-corrected chi connectivity index (χ0v) is 11.1. The first-order valence-electron chi connectivity index (χ1n) is 5.66. The van der Waals surface area contributed by atoms with Gasteiger partial charge in [0.1, 0.15) is 5.82 Å². The van der Waals surface area contributed by atoms with Crippen molar-refractivity contribution in [1.82, 2.24) is 0 Å². The smallest absolute Gasteiger partial charge is 0.137 e. The molecule has 0 aromatic heterocycles. The van der Waals surface area contributed by atoms with E-state index in [4.69, 9.17) is 10.5 Å². The number of rotatable bonds is 3. The molecule has 3 nitrogen and oxygen atoms in total. The average Bonchev–Trinajstić information content (AvgIpc) is 2.35. The van der Waals surface area contributed by atoms with E-state index in [0.717, 1.165) is 25.1 Å². The van der Waals surface area contributed by atoms with Crippen LogP contribution < -0.4 is 11.1 Å². The van der Waals surface area contributed by atoms with Crippen molar-refractivity contribution in [1.29, 1.82) is 0 Å². The second-order valence-electron chi connectivity index (χ2n) is 4.39. The van der Waals surface area contributed by atoms with Crippen LogP contribution in [0.2, 0.25) is 0 Å². The molecule has 17 heavy (non-hydrogen) atoms. The van der Waals surface area contributed by atoms with Crippen LogP contribution in [-0.4, -0.2) is 25.3 Å². The average molecular weight is 303 g/mol. The molecular formula is C12H16BrFN2O. The lowest BCUT2D eigenvalue weighted by Gasteiger charge is -2.37. The lowest BCUT2D eigenvalue weighted by molar-refractivity contribution is 0.0502. The molecule has 0 bridgehead atoms. The zero-order valence-electron chi connectivity index (χ0n) is 9.51. The third-order valence-electron chi connectivity index (χ3n) is 3.04. The highest BCUT2D eigenvalue weighted by Crippen LogP contribution is 2.26. The van der Waals surface area contributed by atoms with E-state index >= 15 is 0 Å². The number of nitrogens with one attached hydrogen (secondary N) is 1. The molecule has 0 saturated carbocycles. The lowest BCUT2D eigenvalue weighted by atomic mass is 9.92. The van der Waals surface area contributed by atoms with Gasteiger partial charge in [-0.3, -0.25) is 0 Å². The number of hydrogen-bond acceptors (Lipinski definition) is 3. The van der Waals surface area contributed by atoms with Crippen molar-refractivity contribution < 1.29 is 9.13 Å². The fourth-order valence-electron chi connectivity index (χ4n) is 2.04. The Bertz CT molecular complexity index is 394. The molecule has 1 aliphatic heterocycles. The second-order valence-corrected chi connectivity index (χ2v) is 5.25. The van der Waals surface area contributed by atoms with Crippen molar-refractivity contribution in [3.63, 3.8) is 0 Å². The molecule has 5 heteroatoms. The van der Waals surface area contributed by atoms with E-state index in [9.17, 15) is 4.39 Å². The first-order chi connectivity index (χ1) is 8.15. The summed E-state index contributed by atoms with van der Waals surface area (Å²) >= 11 is 3.17.